The monoisotopic (exact) mass is 431 g/mol. The molecular weight excluding hydrogens is 414 g/mol. The lowest BCUT2D eigenvalue weighted by atomic mass is 10.1. The van der Waals surface area contributed by atoms with E-state index in [4.69, 9.17) is 10.5 Å². The van der Waals surface area contributed by atoms with Crippen LogP contribution in [0.25, 0.3) is 0 Å². The van der Waals surface area contributed by atoms with Crippen molar-refractivity contribution in [2.45, 2.75) is 31.2 Å². The van der Waals surface area contributed by atoms with Gasteiger partial charge in [-0.25, -0.2) is 13.1 Å². The highest BCUT2D eigenvalue weighted by atomic mass is 79.9. The Kier molecular flexibility index (Phi) is 7.44. The third-order valence-electron chi connectivity index (χ3n) is 3.01. The Hall–Kier alpha value is -0.940. The Bertz CT molecular complexity index is 709. The van der Waals surface area contributed by atoms with E-state index < -0.39 is 26.2 Å². The number of nitrogens with two attached hydrogens (primary N) is 1. The quantitative estimate of drug-likeness (QED) is 0.524. The summed E-state index contributed by atoms with van der Waals surface area (Å²) >= 11 is 3.14. The van der Waals surface area contributed by atoms with Crippen LogP contribution in [0.15, 0.2) is 15.4 Å². The first kappa shape index (κ1) is 22.1. The first-order valence-electron chi connectivity index (χ1n) is 6.22. The van der Waals surface area contributed by atoms with Crippen molar-refractivity contribution >= 4 is 44.0 Å². The minimum atomic E-state index is -4.06. The van der Waals surface area contributed by atoms with Crippen molar-refractivity contribution in [1.82, 2.24) is 4.72 Å². The fourth-order valence-electron chi connectivity index (χ4n) is 1.77. The zero-order chi connectivity index (χ0) is 17.3. The van der Waals surface area contributed by atoms with E-state index in [1.807, 2.05) is 0 Å². The number of nitrogens with zero attached hydrogens (tertiary/aromatic N) is 1. The lowest BCUT2D eigenvalue weighted by molar-refractivity contribution is -0.386. The normalized spacial score (nSPS) is 11.7. The molecule has 0 amide bonds. The maximum Gasteiger partial charge on any atom is 0.316 e. The summed E-state index contributed by atoms with van der Waals surface area (Å²) in [5.41, 5.74) is 4.49. The first-order chi connectivity index (χ1) is 9.96. The molecule has 0 saturated heterocycles. The Balaban J connectivity index is 0.00000484. The molecule has 0 unspecified atom stereocenters. The molecule has 0 bridgehead atoms. The van der Waals surface area contributed by atoms with Gasteiger partial charge in [0.1, 0.15) is 4.90 Å². The summed E-state index contributed by atoms with van der Waals surface area (Å²) in [5, 5.41) is 11.2. The average Bonchev–Trinajstić information content (AvgIpc) is 2.39. The van der Waals surface area contributed by atoms with Crippen molar-refractivity contribution in [3.05, 3.63) is 26.2 Å². The minimum Gasteiger partial charge on any atom is -0.489 e. The number of sulfonamides is 1. The van der Waals surface area contributed by atoms with Gasteiger partial charge in [-0.05, 0) is 26.8 Å². The van der Waals surface area contributed by atoms with Gasteiger partial charge in [0.25, 0.3) is 0 Å². The van der Waals surface area contributed by atoms with Crippen LogP contribution in [0.3, 0.4) is 0 Å². The SMILES string of the molecule is COc1c(S(=O)(=O)NC(C)(C)CN)cc(Br)c(C)c1[N+](=O)[O-].Cl. The molecule has 0 radical (unpaired) electrons. The second-order valence-corrected chi connectivity index (χ2v) is 7.82. The Morgan fingerprint density at radius 3 is 2.39 bits per heavy atom. The molecule has 3 N–H and O–H groups in total. The van der Waals surface area contributed by atoms with Crippen molar-refractivity contribution in [3.8, 4) is 5.75 Å². The topological polar surface area (TPSA) is 125 Å². The summed E-state index contributed by atoms with van der Waals surface area (Å²) in [6.45, 7) is 4.77. The zero-order valence-corrected chi connectivity index (χ0v) is 16.3. The maximum atomic E-state index is 12.5. The van der Waals surface area contributed by atoms with Gasteiger partial charge in [0, 0.05) is 22.1 Å². The van der Waals surface area contributed by atoms with Crippen molar-refractivity contribution in [2.24, 2.45) is 5.73 Å². The molecule has 0 heterocycles. The molecule has 0 aliphatic carbocycles. The molecule has 0 fully saturated rings. The number of hydrogen-bond acceptors (Lipinski definition) is 6. The molecule has 132 valence electrons. The van der Waals surface area contributed by atoms with Crippen LogP contribution in [0.5, 0.6) is 5.75 Å². The molecule has 0 atom stereocenters. The Labute approximate surface area is 149 Å². The molecule has 0 aliphatic heterocycles. The third-order valence-corrected chi connectivity index (χ3v) is 5.53. The van der Waals surface area contributed by atoms with Crippen LogP contribution in [-0.4, -0.2) is 32.5 Å². The number of halogens is 2. The highest BCUT2D eigenvalue weighted by molar-refractivity contribution is 9.10. The second kappa shape index (κ2) is 7.75. The second-order valence-electron chi connectivity index (χ2n) is 5.31. The van der Waals surface area contributed by atoms with Gasteiger partial charge in [-0.2, -0.15) is 0 Å². The van der Waals surface area contributed by atoms with Gasteiger partial charge >= 0.3 is 5.69 Å². The molecule has 0 aromatic heterocycles. The smallest absolute Gasteiger partial charge is 0.316 e. The zero-order valence-electron chi connectivity index (χ0n) is 13.0. The van der Waals surface area contributed by atoms with Crippen LogP contribution in [0.4, 0.5) is 5.69 Å². The summed E-state index contributed by atoms with van der Waals surface area (Å²) in [7, 11) is -2.87. The first-order valence-corrected chi connectivity index (χ1v) is 8.50. The molecule has 1 rings (SSSR count). The Morgan fingerprint density at radius 2 is 2.00 bits per heavy atom. The Morgan fingerprint density at radius 1 is 1.48 bits per heavy atom. The number of nitrogens with one attached hydrogen (secondary N) is 1. The van der Waals surface area contributed by atoms with E-state index >= 15 is 0 Å². The number of nitro benzene ring substituents is 1. The number of hydrogen-bond donors (Lipinski definition) is 2. The molecule has 23 heavy (non-hydrogen) atoms. The summed E-state index contributed by atoms with van der Waals surface area (Å²) in [5.74, 6) is -0.314. The molecule has 0 spiro atoms. The molecule has 1 aromatic rings. The van der Waals surface area contributed by atoms with Crippen molar-refractivity contribution in [2.75, 3.05) is 13.7 Å². The van der Waals surface area contributed by atoms with Crippen LogP contribution in [-0.2, 0) is 10.0 Å². The number of rotatable bonds is 6. The van der Waals surface area contributed by atoms with E-state index in [0.29, 0.717) is 4.47 Å². The average molecular weight is 433 g/mol. The van der Waals surface area contributed by atoms with Crippen molar-refractivity contribution in [3.63, 3.8) is 0 Å². The number of benzene rings is 1. The lowest BCUT2D eigenvalue weighted by Gasteiger charge is -2.24. The fourth-order valence-corrected chi connectivity index (χ4v) is 3.95. The largest absolute Gasteiger partial charge is 0.489 e. The van der Waals surface area contributed by atoms with Crippen LogP contribution in [0.2, 0.25) is 0 Å². The van der Waals surface area contributed by atoms with Crippen molar-refractivity contribution < 1.29 is 18.1 Å². The highest BCUT2D eigenvalue weighted by Crippen LogP contribution is 2.40. The molecule has 11 heteroatoms. The van der Waals surface area contributed by atoms with E-state index in [0.717, 1.165) is 0 Å². The van der Waals surface area contributed by atoms with Crippen LogP contribution >= 0.6 is 28.3 Å². The summed E-state index contributed by atoms with van der Waals surface area (Å²) in [6.07, 6.45) is 0. The van der Waals surface area contributed by atoms with Crippen LogP contribution < -0.4 is 15.2 Å². The summed E-state index contributed by atoms with van der Waals surface area (Å²) in [6, 6.07) is 1.27. The predicted molar refractivity (Wildman–Crippen MR) is 92.8 cm³/mol. The van der Waals surface area contributed by atoms with Crippen molar-refractivity contribution in [1.29, 1.82) is 0 Å². The predicted octanol–water partition coefficient (Wildman–Crippen LogP) is 2.11. The number of ether oxygens (including phenoxy) is 1. The minimum absolute atomic E-state index is 0. The molecule has 8 nitrogen and oxygen atoms in total. The molecule has 0 saturated carbocycles. The van der Waals surface area contributed by atoms with Gasteiger partial charge in [-0.15, -0.1) is 12.4 Å². The molecule has 0 aliphatic rings. The number of methoxy groups -OCH3 is 1. The van der Waals surface area contributed by atoms with Gasteiger partial charge in [-0.1, -0.05) is 15.9 Å². The van der Waals surface area contributed by atoms with Gasteiger partial charge in [-0.3, -0.25) is 10.1 Å². The van der Waals surface area contributed by atoms with E-state index in [-0.39, 0.29) is 35.2 Å². The van der Waals surface area contributed by atoms with Gasteiger partial charge in [0.15, 0.2) is 0 Å². The standard InChI is InChI=1S/C12H18BrN3O5S.ClH/c1-7-8(13)5-9(11(21-4)10(7)16(17)18)22(19,20)15-12(2,3)6-14;/h5,15H,6,14H2,1-4H3;1H. The van der Waals surface area contributed by atoms with E-state index in [1.54, 1.807) is 13.8 Å². The highest BCUT2D eigenvalue weighted by Gasteiger charge is 2.33. The van der Waals surface area contributed by atoms with Crippen LogP contribution in [0, 0.1) is 17.0 Å². The third kappa shape index (κ3) is 4.77. The maximum absolute atomic E-state index is 12.5. The van der Waals surface area contributed by atoms with Gasteiger partial charge in [0.05, 0.1) is 12.0 Å². The summed E-state index contributed by atoms with van der Waals surface area (Å²) < 4.78 is 32.8. The van der Waals surface area contributed by atoms with E-state index in [9.17, 15) is 18.5 Å². The summed E-state index contributed by atoms with van der Waals surface area (Å²) in [4.78, 5) is 10.3. The lowest BCUT2D eigenvalue weighted by Crippen LogP contribution is -2.48. The van der Waals surface area contributed by atoms with E-state index in [2.05, 4.69) is 20.7 Å². The van der Waals surface area contributed by atoms with Gasteiger partial charge < -0.3 is 10.5 Å². The van der Waals surface area contributed by atoms with Crippen LogP contribution in [0.1, 0.15) is 19.4 Å². The number of nitro groups is 1. The van der Waals surface area contributed by atoms with Gasteiger partial charge in [0.2, 0.25) is 15.8 Å². The molecule has 1 aromatic carbocycles. The molecular formula is C12H19BrClN3O5S. The fraction of sp³-hybridized carbons (Fsp3) is 0.500. The van der Waals surface area contributed by atoms with E-state index in [1.165, 1.54) is 20.1 Å².